The van der Waals surface area contributed by atoms with Crippen LogP contribution in [-0.2, 0) is 47.6 Å². The van der Waals surface area contributed by atoms with Gasteiger partial charge in [-0.25, -0.2) is 14.4 Å². The smallest absolute Gasteiger partial charge is 0.343 e. The van der Waals surface area contributed by atoms with Crippen molar-refractivity contribution in [3.8, 4) is 0 Å². The van der Waals surface area contributed by atoms with Crippen LogP contribution in [0, 0.1) is 28.1 Å². The van der Waals surface area contributed by atoms with E-state index in [-0.39, 0.29) is 6.42 Å². The second-order valence-electron chi connectivity index (χ2n) is 13.5. The summed E-state index contributed by atoms with van der Waals surface area (Å²) in [5.41, 5.74) is -9.32. The Labute approximate surface area is 219 Å². The monoisotopic (exact) mass is 538 g/mol. The molecule has 6 rings (SSSR count). The fraction of sp³-hybridized carbons (Fsp3) is 0.846. The van der Waals surface area contributed by atoms with E-state index in [1.807, 2.05) is 20.8 Å². The average Bonchev–Trinajstić information content (AvgIpc) is 3.48. The molecule has 2 N–H and O–H groups in total. The van der Waals surface area contributed by atoms with Gasteiger partial charge in [0.05, 0.1) is 16.7 Å². The molecule has 0 aromatic rings. The maximum Gasteiger partial charge on any atom is 0.343 e. The molecule has 4 aliphatic heterocycles. The van der Waals surface area contributed by atoms with Gasteiger partial charge in [-0.1, -0.05) is 20.8 Å². The van der Waals surface area contributed by atoms with Crippen LogP contribution < -0.4 is 0 Å². The molecule has 6 aliphatic rings. The lowest BCUT2D eigenvalue weighted by atomic mass is 9.51. The summed E-state index contributed by atoms with van der Waals surface area (Å²) in [6.07, 6.45) is -6.91. The van der Waals surface area contributed by atoms with Crippen LogP contribution in [0.5, 0.6) is 0 Å². The molecule has 0 aromatic carbocycles. The second kappa shape index (κ2) is 7.07. The topological polar surface area (TPSA) is 164 Å². The van der Waals surface area contributed by atoms with Crippen molar-refractivity contribution in [3.63, 3.8) is 0 Å². The zero-order chi connectivity index (χ0) is 28.0. The first-order valence-electron chi connectivity index (χ1n) is 13.0. The lowest BCUT2D eigenvalue weighted by Gasteiger charge is -2.48. The predicted molar refractivity (Wildman–Crippen MR) is 122 cm³/mol. The highest BCUT2D eigenvalue weighted by Gasteiger charge is 3.04. The summed E-state index contributed by atoms with van der Waals surface area (Å²) in [7, 11) is 0. The molecular formula is C26H34O12. The fourth-order valence-electron chi connectivity index (χ4n) is 8.82. The van der Waals surface area contributed by atoms with Crippen LogP contribution >= 0.6 is 0 Å². The molecule has 2 aliphatic carbocycles. The number of ether oxygens (including phenoxy) is 6. The third-order valence-corrected chi connectivity index (χ3v) is 9.76. The first-order valence-corrected chi connectivity index (χ1v) is 13.0. The van der Waals surface area contributed by atoms with Crippen molar-refractivity contribution in [2.24, 2.45) is 28.1 Å². The summed E-state index contributed by atoms with van der Waals surface area (Å²) < 4.78 is 34.6. The highest BCUT2D eigenvalue weighted by atomic mass is 16.8. The average molecular weight is 539 g/mol. The van der Waals surface area contributed by atoms with Crippen molar-refractivity contribution in [2.75, 3.05) is 6.61 Å². The van der Waals surface area contributed by atoms with E-state index in [1.54, 1.807) is 20.8 Å². The Morgan fingerprint density at radius 1 is 1.05 bits per heavy atom. The van der Waals surface area contributed by atoms with Crippen molar-refractivity contribution >= 4 is 23.9 Å². The third kappa shape index (κ3) is 2.44. The van der Waals surface area contributed by atoms with Gasteiger partial charge in [-0.15, -0.1) is 0 Å². The zero-order valence-electron chi connectivity index (χ0n) is 22.4. The van der Waals surface area contributed by atoms with Gasteiger partial charge in [0.25, 0.3) is 0 Å². The number of fused-ring (bicyclic) bond motifs is 1. The summed E-state index contributed by atoms with van der Waals surface area (Å²) in [5.74, 6) is -5.09. The third-order valence-electron chi connectivity index (χ3n) is 9.76. The highest BCUT2D eigenvalue weighted by molar-refractivity contribution is 5.94. The number of rotatable bonds is 3. The van der Waals surface area contributed by atoms with E-state index in [1.165, 1.54) is 6.92 Å². The van der Waals surface area contributed by atoms with E-state index in [9.17, 15) is 29.4 Å². The van der Waals surface area contributed by atoms with Crippen LogP contribution in [0.4, 0.5) is 0 Å². The molecule has 210 valence electrons. The Hall–Kier alpha value is -2.28. The number of aliphatic hydroxyl groups is 2. The minimum absolute atomic E-state index is 0.196. The molecule has 2 spiro atoms. The van der Waals surface area contributed by atoms with Gasteiger partial charge in [-0.3, -0.25) is 4.79 Å². The minimum Gasteiger partial charge on any atom is -0.459 e. The Morgan fingerprint density at radius 2 is 1.71 bits per heavy atom. The number of carbonyl (C=O) groups excluding carboxylic acids is 4. The molecule has 0 aromatic heterocycles. The first-order chi connectivity index (χ1) is 17.4. The van der Waals surface area contributed by atoms with Gasteiger partial charge >= 0.3 is 23.9 Å². The zero-order valence-corrected chi connectivity index (χ0v) is 22.4. The van der Waals surface area contributed by atoms with Crippen molar-refractivity contribution in [1.82, 2.24) is 0 Å². The Balaban J connectivity index is 1.55. The minimum atomic E-state index is -2.30. The molecule has 3 unspecified atom stereocenters. The highest BCUT2D eigenvalue weighted by Crippen LogP contribution is 2.84. The lowest BCUT2D eigenvalue weighted by molar-refractivity contribution is -0.240. The van der Waals surface area contributed by atoms with Gasteiger partial charge in [0.1, 0.15) is 24.4 Å². The van der Waals surface area contributed by atoms with Crippen molar-refractivity contribution in [2.45, 2.75) is 102 Å². The number of hydrogen-bond acceptors (Lipinski definition) is 12. The van der Waals surface area contributed by atoms with E-state index >= 15 is 0 Å². The van der Waals surface area contributed by atoms with Gasteiger partial charge in [0, 0.05) is 0 Å². The summed E-state index contributed by atoms with van der Waals surface area (Å²) in [4.78, 5) is 52.4. The number of esters is 4. The summed E-state index contributed by atoms with van der Waals surface area (Å²) in [6, 6.07) is 0. The second-order valence-corrected chi connectivity index (χ2v) is 13.5. The Bertz CT molecular complexity index is 1150. The van der Waals surface area contributed by atoms with Crippen LogP contribution in [0.25, 0.3) is 0 Å². The van der Waals surface area contributed by atoms with E-state index < -0.39 is 106 Å². The molecule has 0 radical (unpaired) electrons. The molecule has 0 bridgehead atoms. The Morgan fingerprint density at radius 3 is 2.32 bits per heavy atom. The summed E-state index contributed by atoms with van der Waals surface area (Å²) in [6.45, 7) is 11.6. The van der Waals surface area contributed by atoms with E-state index in [4.69, 9.17) is 28.4 Å². The van der Waals surface area contributed by atoms with E-state index in [0.29, 0.717) is 0 Å². The molecule has 12 nitrogen and oxygen atoms in total. The molecular weight excluding hydrogens is 504 g/mol. The molecule has 2 saturated carbocycles. The SMILES string of the molecule is CC1C(=O)O[C@H]2[C@H](O)[C@@]34C5C[C@@H](C(C)(C)C)C36[C@@H](OC(=O)[C@@H]6OCC(=O)OC(C)(C)C)O[C@@]4(C(=O)O5)[C@@]12O. The van der Waals surface area contributed by atoms with Crippen LogP contribution in [0.2, 0.25) is 0 Å². The number of aliphatic hydroxyl groups excluding tert-OH is 1. The normalized spacial score (nSPS) is 50.2. The van der Waals surface area contributed by atoms with Crippen molar-refractivity contribution in [1.29, 1.82) is 0 Å². The van der Waals surface area contributed by atoms with Gasteiger partial charge in [-0.05, 0) is 45.4 Å². The fourth-order valence-corrected chi connectivity index (χ4v) is 8.82. The molecule has 0 amide bonds. The van der Waals surface area contributed by atoms with Crippen molar-refractivity contribution < 1.29 is 57.8 Å². The van der Waals surface area contributed by atoms with Crippen LogP contribution in [-0.4, -0.2) is 88.2 Å². The first kappa shape index (κ1) is 26.0. The largest absolute Gasteiger partial charge is 0.459 e. The quantitative estimate of drug-likeness (QED) is 0.366. The van der Waals surface area contributed by atoms with E-state index in [0.717, 1.165) is 0 Å². The molecule has 6 fully saturated rings. The summed E-state index contributed by atoms with van der Waals surface area (Å²) in [5, 5.41) is 24.2. The van der Waals surface area contributed by atoms with Crippen LogP contribution in [0.1, 0.15) is 54.9 Å². The van der Waals surface area contributed by atoms with Gasteiger partial charge in [0.15, 0.2) is 17.8 Å². The number of hydrogen-bond donors (Lipinski definition) is 2. The summed E-state index contributed by atoms with van der Waals surface area (Å²) >= 11 is 0. The molecule has 11 atom stereocenters. The molecule has 38 heavy (non-hydrogen) atoms. The van der Waals surface area contributed by atoms with Crippen molar-refractivity contribution in [3.05, 3.63) is 0 Å². The molecule has 12 heteroatoms. The maximum atomic E-state index is 13.7. The van der Waals surface area contributed by atoms with Crippen LogP contribution in [0.3, 0.4) is 0 Å². The lowest BCUT2D eigenvalue weighted by Crippen LogP contribution is -2.67. The maximum absolute atomic E-state index is 13.7. The van der Waals surface area contributed by atoms with Gasteiger partial charge < -0.3 is 38.6 Å². The number of carbonyl (C=O) groups is 4. The van der Waals surface area contributed by atoms with Crippen LogP contribution in [0.15, 0.2) is 0 Å². The Kier molecular flexibility index (Phi) is 4.83. The van der Waals surface area contributed by atoms with Gasteiger partial charge in [-0.2, -0.15) is 0 Å². The molecule has 4 saturated heterocycles. The predicted octanol–water partition coefficient (Wildman–Crippen LogP) is -0.00350. The van der Waals surface area contributed by atoms with Gasteiger partial charge in [0.2, 0.25) is 11.9 Å². The molecule has 4 heterocycles. The van der Waals surface area contributed by atoms with E-state index in [2.05, 4.69) is 0 Å². The standard InChI is InChI=1S/C26H34O12/c1-10-17(29)35-15-14(28)24-12-8-11(21(2,3)4)23(24)16(33-9-13(27)37-22(5,6)7)18(30)36-20(23)38-26(24,19(31)34-12)25(10,15)32/h10-12,14-16,20,28,32H,8-9H2,1-7H3/t10?,11-,12?,14-,15-,16-,20-,23?,24-,25+,26+/m0/s1.